The Hall–Kier alpha value is -1.44. The molecule has 0 N–H and O–H groups in total. The molecule has 2 aromatic rings. The smallest absolute Gasteiger partial charge is 0.205 e. The van der Waals surface area contributed by atoms with Crippen molar-refractivity contribution in [1.29, 1.82) is 0 Å². The Labute approximate surface area is 81.2 Å². The summed E-state index contributed by atoms with van der Waals surface area (Å²) in [6.45, 7) is 1.90. The van der Waals surface area contributed by atoms with Crippen LogP contribution >= 0.6 is 0 Å². The first-order valence-electron chi connectivity index (χ1n) is 4.46. The van der Waals surface area contributed by atoms with Gasteiger partial charge in [0, 0.05) is 5.56 Å². The van der Waals surface area contributed by atoms with Crippen LogP contribution in [0.1, 0.15) is 17.6 Å². The third kappa shape index (κ3) is 1.48. The van der Waals surface area contributed by atoms with Crippen molar-refractivity contribution >= 4 is 10.8 Å². The Morgan fingerprint density at radius 3 is 2.57 bits per heavy atom. The predicted molar refractivity (Wildman–Crippen MR) is 53.6 cm³/mol. The molecule has 2 aromatic carbocycles. The highest BCUT2D eigenvalue weighted by Crippen LogP contribution is 2.28. The summed E-state index contributed by atoms with van der Waals surface area (Å²) in [5.74, 6) is 0. The zero-order valence-corrected chi connectivity index (χ0v) is 7.80. The SMILES string of the molecule is Cc1ccc2cccc(C(F)F)c2c1. The van der Waals surface area contributed by atoms with Gasteiger partial charge in [-0.25, -0.2) is 8.78 Å². The van der Waals surface area contributed by atoms with Gasteiger partial charge in [-0.05, 0) is 17.7 Å². The van der Waals surface area contributed by atoms with Crippen LogP contribution < -0.4 is 0 Å². The average Bonchev–Trinajstić information content (AvgIpc) is 2.16. The topological polar surface area (TPSA) is 0 Å². The molecule has 0 unspecified atom stereocenters. The van der Waals surface area contributed by atoms with Gasteiger partial charge in [0.25, 0.3) is 6.43 Å². The van der Waals surface area contributed by atoms with E-state index in [0.717, 1.165) is 10.9 Å². The first kappa shape index (κ1) is 9.13. The zero-order chi connectivity index (χ0) is 10.1. The van der Waals surface area contributed by atoms with Crippen LogP contribution in [0.2, 0.25) is 0 Å². The molecular weight excluding hydrogens is 182 g/mol. The molecule has 0 aliphatic rings. The van der Waals surface area contributed by atoms with Crippen LogP contribution in [0.4, 0.5) is 8.78 Å². The van der Waals surface area contributed by atoms with Crippen molar-refractivity contribution < 1.29 is 8.78 Å². The van der Waals surface area contributed by atoms with E-state index < -0.39 is 6.43 Å². The molecular formula is C12H10F2. The zero-order valence-electron chi connectivity index (χ0n) is 7.80. The van der Waals surface area contributed by atoms with Crippen molar-refractivity contribution in [3.8, 4) is 0 Å². The minimum atomic E-state index is -2.40. The Balaban J connectivity index is 2.77. The van der Waals surface area contributed by atoms with E-state index in [-0.39, 0.29) is 5.56 Å². The number of fused-ring (bicyclic) bond motifs is 1. The number of benzene rings is 2. The third-order valence-electron chi connectivity index (χ3n) is 2.31. The number of halogens is 2. The lowest BCUT2D eigenvalue weighted by atomic mass is 10.0. The van der Waals surface area contributed by atoms with Gasteiger partial charge >= 0.3 is 0 Å². The molecule has 0 amide bonds. The van der Waals surface area contributed by atoms with Crippen LogP contribution in [0.3, 0.4) is 0 Å². The summed E-state index contributed by atoms with van der Waals surface area (Å²) in [5, 5.41) is 1.52. The molecule has 0 bridgehead atoms. The molecule has 0 saturated carbocycles. The largest absolute Gasteiger partial charge is 0.264 e. The lowest BCUT2D eigenvalue weighted by molar-refractivity contribution is 0.153. The van der Waals surface area contributed by atoms with Crippen LogP contribution in [-0.4, -0.2) is 0 Å². The van der Waals surface area contributed by atoms with Gasteiger partial charge in [-0.15, -0.1) is 0 Å². The normalized spacial score (nSPS) is 11.1. The quantitative estimate of drug-likeness (QED) is 0.638. The highest BCUT2D eigenvalue weighted by atomic mass is 19.3. The molecule has 0 radical (unpaired) electrons. The first-order chi connectivity index (χ1) is 6.68. The predicted octanol–water partition coefficient (Wildman–Crippen LogP) is 4.09. The van der Waals surface area contributed by atoms with E-state index in [0.29, 0.717) is 5.39 Å². The highest BCUT2D eigenvalue weighted by molar-refractivity contribution is 5.86. The van der Waals surface area contributed by atoms with E-state index in [1.165, 1.54) is 6.07 Å². The monoisotopic (exact) mass is 192 g/mol. The van der Waals surface area contributed by atoms with Crippen LogP contribution in [0, 0.1) is 6.92 Å². The first-order valence-corrected chi connectivity index (χ1v) is 4.46. The fourth-order valence-electron chi connectivity index (χ4n) is 1.60. The molecule has 0 fully saturated rings. The molecule has 2 heteroatoms. The van der Waals surface area contributed by atoms with Crippen molar-refractivity contribution in [3.63, 3.8) is 0 Å². The van der Waals surface area contributed by atoms with Crippen LogP contribution in [-0.2, 0) is 0 Å². The minimum absolute atomic E-state index is 0.117. The van der Waals surface area contributed by atoms with E-state index in [9.17, 15) is 8.78 Å². The van der Waals surface area contributed by atoms with Gasteiger partial charge in [0.2, 0.25) is 0 Å². The molecule has 0 saturated heterocycles. The molecule has 0 spiro atoms. The van der Waals surface area contributed by atoms with Gasteiger partial charge in [-0.2, -0.15) is 0 Å². The summed E-state index contributed by atoms with van der Waals surface area (Å²) in [4.78, 5) is 0. The van der Waals surface area contributed by atoms with Crippen molar-refractivity contribution in [2.75, 3.05) is 0 Å². The van der Waals surface area contributed by atoms with Crippen molar-refractivity contribution in [2.45, 2.75) is 13.3 Å². The molecule has 0 heterocycles. The Bertz CT molecular complexity index is 461. The number of hydrogen-bond acceptors (Lipinski definition) is 0. The maximum atomic E-state index is 12.6. The second-order valence-electron chi connectivity index (χ2n) is 3.37. The summed E-state index contributed by atoms with van der Waals surface area (Å²) in [7, 11) is 0. The molecule has 14 heavy (non-hydrogen) atoms. The fourth-order valence-corrected chi connectivity index (χ4v) is 1.60. The van der Waals surface area contributed by atoms with E-state index in [1.54, 1.807) is 12.1 Å². The minimum Gasteiger partial charge on any atom is -0.205 e. The highest BCUT2D eigenvalue weighted by Gasteiger charge is 2.10. The van der Waals surface area contributed by atoms with E-state index in [4.69, 9.17) is 0 Å². The average molecular weight is 192 g/mol. The molecule has 72 valence electrons. The van der Waals surface area contributed by atoms with Crippen LogP contribution in [0.25, 0.3) is 10.8 Å². The Kier molecular flexibility index (Phi) is 2.20. The van der Waals surface area contributed by atoms with Gasteiger partial charge in [0.1, 0.15) is 0 Å². The third-order valence-corrected chi connectivity index (χ3v) is 2.31. The second kappa shape index (κ2) is 3.37. The molecule has 0 aliphatic heterocycles. The molecule has 2 rings (SSSR count). The molecule has 0 nitrogen and oxygen atoms in total. The summed E-state index contributed by atoms with van der Waals surface area (Å²) >= 11 is 0. The Morgan fingerprint density at radius 1 is 1.07 bits per heavy atom. The summed E-state index contributed by atoms with van der Waals surface area (Å²) in [5.41, 5.74) is 1.12. The number of rotatable bonds is 1. The fraction of sp³-hybridized carbons (Fsp3) is 0.167. The van der Waals surface area contributed by atoms with Crippen molar-refractivity contribution in [2.24, 2.45) is 0 Å². The van der Waals surface area contributed by atoms with Crippen LogP contribution in [0.15, 0.2) is 36.4 Å². The van der Waals surface area contributed by atoms with Gasteiger partial charge in [-0.1, -0.05) is 42.0 Å². The van der Waals surface area contributed by atoms with E-state index in [2.05, 4.69) is 0 Å². The Morgan fingerprint density at radius 2 is 1.86 bits per heavy atom. The van der Waals surface area contributed by atoms with E-state index in [1.807, 2.05) is 25.1 Å². The van der Waals surface area contributed by atoms with Gasteiger partial charge < -0.3 is 0 Å². The number of alkyl halides is 2. The van der Waals surface area contributed by atoms with Crippen LogP contribution in [0.5, 0.6) is 0 Å². The maximum absolute atomic E-state index is 12.6. The van der Waals surface area contributed by atoms with E-state index >= 15 is 0 Å². The standard InChI is InChI=1S/C12H10F2/c1-8-5-6-9-3-2-4-10(12(13)14)11(9)7-8/h2-7,12H,1H3. The summed E-state index contributed by atoms with van der Waals surface area (Å²) in [6.07, 6.45) is -2.40. The lowest BCUT2D eigenvalue weighted by Gasteiger charge is -2.05. The molecule has 0 atom stereocenters. The van der Waals surface area contributed by atoms with Gasteiger partial charge in [0.05, 0.1) is 0 Å². The van der Waals surface area contributed by atoms with Gasteiger partial charge in [-0.3, -0.25) is 0 Å². The molecule has 0 aromatic heterocycles. The second-order valence-corrected chi connectivity index (χ2v) is 3.37. The summed E-state index contributed by atoms with van der Waals surface area (Å²) in [6, 6.07) is 10.6. The van der Waals surface area contributed by atoms with Gasteiger partial charge in [0.15, 0.2) is 0 Å². The number of hydrogen-bond donors (Lipinski definition) is 0. The lowest BCUT2D eigenvalue weighted by Crippen LogP contribution is -1.86. The maximum Gasteiger partial charge on any atom is 0.264 e. The molecule has 0 aliphatic carbocycles. The van der Waals surface area contributed by atoms with Crippen molar-refractivity contribution in [1.82, 2.24) is 0 Å². The van der Waals surface area contributed by atoms with Crippen molar-refractivity contribution in [3.05, 3.63) is 47.5 Å². The summed E-state index contributed by atoms with van der Waals surface area (Å²) < 4.78 is 25.3. The number of aryl methyl sites for hydroxylation is 1.